The molecule has 0 aliphatic rings. The van der Waals surface area contributed by atoms with Gasteiger partial charge in [0.25, 0.3) is 0 Å². The number of hydrogen-bond acceptors (Lipinski definition) is 1. The zero-order valence-electron chi connectivity index (χ0n) is 13.6. The summed E-state index contributed by atoms with van der Waals surface area (Å²) in [5.74, 6) is 0.911. The summed E-state index contributed by atoms with van der Waals surface area (Å²) in [7, 11) is 1.71. The fourth-order valence-electron chi connectivity index (χ4n) is 3.12. The monoisotopic (exact) mass is 310 g/mol. The Morgan fingerprint density at radius 1 is 0.667 bits per heavy atom. The van der Waals surface area contributed by atoms with Crippen LogP contribution < -0.4 is 4.74 Å². The number of benzene rings is 4. The second-order valence-electron chi connectivity index (χ2n) is 5.84. The molecule has 0 heterocycles. The lowest BCUT2D eigenvalue weighted by Crippen LogP contribution is -1.86. The van der Waals surface area contributed by atoms with Gasteiger partial charge in [0.05, 0.1) is 7.11 Å². The van der Waals surface area contributed by atoms with Crippen molar-refractivity contribution in [1.29, 1.82) is 0 Å². The first-order valence-corrected chi connectivity index (χ1v) is 8.08. The topological polar surface area (TPSA) is 9.23 Å². The summed E-state index contributed by atoms with van der Waals surface area (Å²) in [6, 6.07) is 27.5. The normalized spacial score (nSPS) is 11.4. The Morgan fingerprint density at radius 3 is 2.25 bits per heavy atom. The average Bonchev–Trinajstić information content (AvgIpc) is 2.66. The minimum absolute atomic E-state index is 0.911. The van der Waals surface area contributed by atoms with Gasteiger partial charge in [0.2, 0.25) is 0 Å². The summed E-state index contributed by atoms with van der Waals surface area (Å²) in [6.45, 7) is 0. The average molecular weight is 310 g/mol. The first kappa shape index (κ1) is 14.5. The minimum Gasteiger partial charge on any atom is -0.496 e. The maximum atomic E-state index is 5.47. The van der Waals surface area contributed by atoms with E-state index in [4.69, 9.17) is 4.74 Å². The molecule has 0 aliphatic heterocycles. The van der Waals surface area contributed by atoms with Crippen molar-refractivity contribution >= 4 is 33.7 Å². The molecule has 0 radical (unpaired) electrons. The van der Waals surface area contributed by atoms with Crippen LogP contribution in [0.4, 0.5) is 0 Å². The quantitative estimate of drug-likeness (QED) is 0.411. The summed E-state index contributed by atoms with van der Waals surface area (Å²) in [6.07, 6.45) is 4.34. The van der Waals surface area contributed by atoms with Gasteiger partial charge < -0.3 is 4.74 Å². The molecule has 1 heteroatoms. The van der Waals surface area contributed by atoms with Crippen molar-refractivity contribution in [3.8, 4) is 5.75 Å². The van der Waals surface area contributed by atoms with E-state index >= 15 is 0 Å². The summed E-state index contributed by atoms with van der Waals surface area (Å²) in [5, 5.41) is 4.87. The van der Waals surface area contributed by atoms with Crippen molar-refractivity contribution in [2.75, 3.05) is 7.11 Å². The lowest BCUT2D eigenvalue weighted by atomic mass is 10.0. The van der Waals surface area contributed by atoms with Crippen LogP contribution in [-0.2, 0) is 0 Å². The molecule has 0 N–H and O–H groups in total. The smallest absolute Gasteiger partial charge is 0.126 e. The number of fused-ring (bicyclic) bond motifs is 2. The van der Waals surface area contributed by atoms with Gasteiger partial charge in [-0.15, -0.1) is 0 Å². The largest absolute Gasteiger partial charge is 0.496 e. The highest BCUT2D eigenvalue weighted by molar-refractivity contribution is 5.97. The van der Waals surface area contributed by atoms with Crippen LogP contribution in [0.5, 0.6) is 5.75 Å². The van der Waals surface area contributed by atoms with Crippen molar-refractivity contribution in [3.63, 3.8) is 0 Å². The van der Waals surface area contributed by atoms with Gasteiger partial charge in [-0.3, -0.25) is 0 Å². The van der Waals surface area contributed by atoms with E-state index in [2.05, 4.69) is 78.9 Å². The molecule has 0 bridgehead atoms. The Kier molecular flexibility index (Phi) is 3.76. The summed E-state index contributed by atoms with van der Waals surface area (Å²) < 4.78 is 5.47. The Morgan fingerprint density at radius 2 is 1.42 bits per heavy atom. The van der Waals surface area contributed by atoms with E-state index in [0.29, 0.717) is 0 Å². The van der Waals surface area contributed by atoms with Crippen LogP contribution in [0.25, 0.3) is 33.7 Å². The predicted molar refractivity (Wildman–Crippen MR) is 103 cm³/mol. The summed E-state index contributed by atoms with van der Waals surface area (Å²) in [4.78, 5) is 0. The number of rotatable bonds is 3. The fourth-order valence-corrected chi connectivity index (χ4v) is 3.12. The van der Waals surface area contributed by atoms with Gasteiger partial charge in [-0.1, -0.05) is 78.9 Å². The van der Waals surface area contributed by atoms with Crippen molar-refractivity contribution in [1.82, 2.24) is 0 Å². The first-order chi connectivity index (χ1) is 11.8. The van der Waals surface area contributed by atoms with E-state index in [-0.39, 0.29) is 0 Å². The Hall–Kier alpha value is -3.06. The predicted octanol–water partition coefficient (Wildman–Crippen LogP) is 6.17. The first-order valence-electron chi connectivity index (χ1n) is 8.08. The standard InChI is InChI=1S/C23H18O/c1-24-23-15-14-19(21-8-4-5-9-22(21)23)13-11-17-10-12-18-6-2-3-7-20(18)16-17/h2-16H,1H3. The third-order valence-corrected chi connectivity index (χ3v) is 4.37. The van der Waals surface area contributed by atoms with E-state index in [1.165, 1.54) is 27.3 Å². The zero-order valence-corrected chi connectivity index (χ0v) is 13.6. The number of ether oxygens (including phenoxy) is 1. The van der Waals surface area contributed by atoms with E-state index in [0.717, 1.165) is 11.1 Å². The minimum atomic E-state index is 0.911. The molecule has 4 aromatic carbocycles. The van der Waals surface area contributed by atoms with Gasteiger partial charge >= 0.3 is 0 Å². The van der Waals surface area contributed by atoms with Crippen LogP contribution in [0.15, 0.2) is 78.9 Å². The molecular weight excluding hydrogens is 292 g/mol. The van der Waals surface area contributed by atoms with E-state index in [9.17, 15) is 0 Å². The molecule has 0 atom stereocenters. The fraction of sp³-hybridized carbons (Fsp3) is 0.0435. The van der Waals surface area contributed by atoms with Gasteiger partial charge in [0.1, 0.15) is 5.75 Å². The maximum Gasteiger partial charge on any atom is 0.126 e. The third-order valence-electron chi connectivity index (χ3n) is 4.37. The van der Waals surface area contributed by atoms with Crippen molar-refractivity contribution < 1.29 is 4.74 Å². The van der Waals surface area contributed by atoms with E-state index in [1.807, 2.05) is 12.1 Å². The van der Waals surface area contributed by atoms with Crippen molar-refractivity contribution in [2.24, 2.45) is 0 Å². The molecule has 0 aromatic heterocycles. The second-order valence-corrected chi connectivity index (χ2v) is 5.84. The molecule has 0 saturated heterocycles. The highest BCUT2D eigenvalue weighted by Crippen LogP contribution is 2.29. The van der Waals surface area contributed by atoms with Crippen LogP contribution >= 0.6 is 0 Å². The molecule has 0 spiro atoms. The maximum absolute atomic E-state index is 5.47. The zero-order chi connectivity index (χ0) is 16.4. The van der Waals surface area contributed by atoms with Crippen LogP contribution in [0.3, 0.4) is 0 Å². The molecule has 0 amide bonds. The summed E-state index contributed by atoms with van der Waals surface area (Å²) in [5.41, 5.74) is 2.40. The second kappa shape index (κ2) is 6.21. The van der Waals surface area contributed by atoms with Crippen LogP contribution in [0.1, 0.15) is 11.1 Å². The highest BCUT2D eigenvalue weighted by atomic mass is 16.5. The molecule has 24 heavy (non-hydrogen) atoms. The van der Waals surface area contributed by atoms with Gasteiger partial charge in [0.15, 0.2) is 0 Å². The van der Waals surface area contributed by atoms with Crippen molar-refractivity contribution in [3.05, 3.63) is 90.0 Å². The molecule has 0 fully saturated rings. The Bertz CT molecular complexity index is 1040. The molecule has 4 aromatic rings. The molecule has 0 aliphatic carbocycles. The van der Waals surface area contributed by atoms with E-state index < -0.39 is 0 Å². The van der Waals surface area contributed by atoms with Gasteiger partial charge in [0, 0.05) is 5.39 Å². The molecule has 1 nitrogen and oxygen atoms in total. The molecular formula is C23H18O. The lowest BCUT2D eigenvalue weighted by Gasteiger charge is -2.08. The van der Waals surface area contributed by atoms with Crippen molar-refractivity contribution in [2.45, 2.75) is 0 Å². The molecule has 0 saturated carbocycles. The lowest BCUT2D eigenvalue weighted by molar-refractivity contribution is 0.420. The number of methoxy groups -OCH3 is 1. The van der Waals surface area contributed by atoms with Crippen LogP contribution in [0, 0.1) is 0 Å². The van der Waals surface area contributed by atoms with Gasteiger partial charge in [-0.2, -0.15) is 0 Å². The molecule has 0 unspecified atom stereocenters. The third kappa shape index (κ3) is 2.65. The van der Waals surface area contributed by atoms with Crippen LogP contribution in [0.2, 0.25) is 0 Å². The van der Waals surface area contributed by atoms with E-state index in [1.54, 1.807) is 7.11 Å². The summed E-state index contributed by atoms with van der Waals surface area (Å²) >= 11 is 0. The number of hydrogen-bond donors (Lipinski definition) is 0. The Labute approximate surface area is 141 Å². The highest BCUT2D eigenvalue weighted by Gasteiger charge is 2.03. The molecule has 116 valence electrons. The molecule has 4 rings (SSSR count). The van der Waals surface area contributed by atoms with Gasteiger partial charge in [-0.25, -0.2) is 0 Å². The Balaban J connectivity index is 1.76. The van der Waals surface area contributed by atoms with Crippen LogP contribution in [-0.4, -0.2) is 7.11 Å². The van der Waals surface area contributed by atoms with Gasteiger partial charge in [-0.05, 0) is 39.4 Å². The SMILES string of the molecule is COc1ccc(C=Cc2ccc3ccccc3c2)c2ccccc12.